The van der Waals surface area contributed by atoms with Crippen LogP contribution in [0.1, 0.15) is 67.5 Å². The number of alkyl halides is 5. The summed E-state index contributed by atoms with van der Waals surface area (Å²) in [5.41, 5.74) is 1.72. The fraction of sp³-hybridized carbons (Fsp3) is 0.519. The van der Waals surface area contributed by atoms with Crippen LogP contribution in [0.15, 0.2) is 30.3 Å². The van der Waals surface area contributed by atoms with Crippen molar-refractivity contribution in [3.8, 4) is 0 Å². The first kappa shape index (κ1) is 32.3. The molecule has 5 nitrogen and oxygen atoms in total. The van der Waals surface area contributed by atoms with Gasteiger partial charge in [-0.3, -0.25) is 4.79 Å². The molecule has 2 aromatic rings. The van der Waals surface area contributed by atoms with E-state index in [2.05, 4.69) is 4.74 Å². The number of fused-ring (bicyclic) bond motifs is 1. The summed E-state index contributed by atoms with van der Waals surface area (Å²) in [5.74, 6) is 0. The van der Waals surface area contributed by atoms with E-state index in [1.807, 2.05) is 44.7 Å². The molecule has 10 heteroatoms. The van der Waals surface area contributed by atoms with Gasteiger partial charge in [0.05, 0.1) is 29.0 Å². The molecule has 1 heterocycles. The second kappa shape index (κ2) is 14.3. The Morgan fingerprint density at radius 3 is 1.97 bits per heavy atom. The molecule has 0 aromatic heterocycles. The lowest BCUT2D eigenvalue weighted by molar-refractivity contribution is -0.137. The van der Waals surface area contributed by atoms with Crippen molar-refractivity contribution in [3.63, 3.8) is 0 Å². The van der Waals surface area contributed by atoms with Gasteiger partial charge in [0.2, 0.25) is 6.41 Å². The number of rotatable bonds is 6. The minimum Gasteiger partial charge on any atom is -0.400 e. The van der Waals surface area contributed by atoms with Gasteiger partial charge in [-0.1, -0.05) is 6.92 Å². The lowest BCUT2D eigenvalue weighted by Gasteiger charge is -2.45. The van der Waals surface area contributed by atoms with E-state index in [0.29, 0.717) is 30.4 Å². The maximum Gasteiger partial charge on any atom is 0.416 e. The van der Waals surface area contributed by atoms with Gasteiger partial charge in [0.15, 0.2) is 0 Å². The van der Waals surface area contributed by atoms with Gasteiger partial charge in [-0.2, -0.15) is 13.2 Å². The molecule has 0 spiro atoms. The third-order valence-corrected chi connectivity index (χ3v) is 6.36. The molecule has 1 unspecified atom stereocenters. The minimum absolute atomic E-state index is 0.156. The standard InChI is InChI=1S/C23H25F5N2O.C3H8O.CH4O/c1-5-19-11-29(20-6-13(2)14(3)7-21(20)30(19)12-31)15(4)16-8-17(22(24)25)10-18(9-16)23(26,27)28;1-3-4-2;1-2/h6-10,12,15,19,22H,5,11H2,1-4H3;3H2,1-2H3;2H,1H3/t15-,19?;;/m1../s1. The van der Waals surface area contributed by atoms with Crippen LogP contribution in [-0.2, 0) is 15.7 Å². The van der Waals surface area contributed by atoms with Crippen LogP contribution in [0, 0.1) is 13.8 Å². The van der Waals surface area contributed by atoms with E-state index in [1.54, 1.807) is 18.9 Å². The van der Waals surface area contributed by atoms with E-state index in [9.17, 15) is 26.7 Å². The van der Waals surface area contributed by atoms with Gasteiger partial charge >= 0.3 is 6.18 Å². The number of hydrogen-bond acceptors (Lipinski definition) is 4. The summed E-state index contributed by atoms with van der Waals surface area (Å²) in [6, 6.07) is 5.56. The highest BCUT2D eigenvalue weighted by Crippen LogP contribution is 2.43. The highest BCUT2D eigenvalue weighted by molar-refractivity contribution is 5.88. The molecular weight excluding hydrogens is 495 g/mol. The van der Waals surface area contributed by atoms with Crippen molar-refractivity contribution in [2.75, 3.05) is 37.2 Å². The lowest BCUT2D eigenvalue weighted by Crippen LogP contribution is -2.49. The largest absolute Gasteiger partial charge is 0.416 e. The Kier molecular flexibility index (Phi) is 12.5. The SMILES string of the molecule is CCC1CN([C@H](C)c2cc(C(F)F)cc(C(F)(F)F)c2)c2cc(C)c(C)cc2N1C=O.CCOC.CO. The van der Waals surface area contributed by atoms with Crippen molar-refractivity contribution < 1.29 is 36.6 Å². The zero-order chi connectivity index (χ0) is 28.5. The Labute approximate surface area is 215 Å². The van der Waals surface area contributed by atoms with Gasteiger partial charge in [0.1, 0.15) is 0 Å². The Bertz CT molecular complexity index is 1010. The molecule has 0 saturated carbocycles. The van der Waals surface area contributed by atoms with Crippen molar-refractivity contribution in [2.24, 2.45) is 0 Å². The number of benzene rings is 2. The monoisotopic (exact) mass is 532 g/mol. The molecule has 1 aliphatic rings. The van der Waals surface area contributed by atoms with E-state index < -0.39 is 29.8 Å². The number of hydrogen-bond donors (Lipinski definition) is 1. The number of anilines is 2. The fourth-order valence-corrected chi connectivity index (χ4v) is 4.06. The molecule has 3 rings (SSSR count). The van der Waals surface area contributed by atoms with Crippen LogP contribution in [0.25, 0.3) is 0 Å². The van der Waals surface area contributed by atoms with Crippen LogP contribution in [0.4, 0.5) is 33.3 Å². The molecule has 2 atom stereocenters. The van der Waals surface area contributed by atoms with Crippen LogP contribution in [-0.4, -0.2) is 44.9 Å². The van der Waals surface area contributed by atoms with Gasteiger partial charge < -0.3 is 19.6 Å². The molecule has 2 aromatic carbocycles. The summed E-state index contributed by atoms with van der Waals surface area (Å²) < 4.78 is 71.3. The number of amides is 1. The van der Waals surface area contributed by atoms with E-state index in [-0.39, 0.29) is 11.6 Å². The minimum atomic E-state index is -4.73. The number of halogens is 5. The molecule has 1 amide bonds. The van der Waals surface area contributed by atoms with Crippen LogP contribution in [0.2, 0.25) is 0 Å². The summed E-state index contributed by atoms with van der Waals surface area (Å²) in [7, 11) is 2.68. The smallest absolute Gasteiger partial charge is 0.400 e. The Balaban J connectivity index is 0.00000104. The number of ether oxygens (including phenoxy) is 1. The van der Waals surface area contributed by atoms with Gasteiger partial charge in [0.25, 0.3) is 6.43 Å². The molecule has 37 heavy (non-hydrogen) atoms. The third kappa shape index (κ3) is 7.88. The summed E-state index contributed by atoms with van der Waals surface area (Å²) in [4.78, 5) is 15.4. The molecule has 0 radical (unpaired) electrons. The molecule has 0 fully saturated rings. The predicted octanol–water partition coefficient (Wildman–Crippen LogP) is 6.84. The second-order valence-corrected chi connectivity index (χ2v) is 8.59. The van der Waals surface area contributed by atoms with Crippen molar-refractivity contribution >= 4 is 17.8 Å². The Morgan fingerprint density at radius 1 is 1.03 bits per heavy atom. The number of aliphatic hydroxyl groups excluding tert-OH is 1. The quantitative estimate of drug-likeness (QED) is 0.327. The summed E-state index contributed by atoms with van der Waals surface area (Å²) in [6.45, 7) is 10.6. The number of carbonyl (C=O) groups excluding carboxylic acids is 1. The average molecular weight is 533 g/mol. The van der Waals surface area contributed by atoms with Gasteiger partial charge in [-0.15, -0.1) is 0 Å². The van der Waals surface area contributed by atoms with Crippen molar-refractivity contribution in [3.05, 3.63) is 58.1 Å². The highest BCUT2D eigenvalue weighted by atomic mass is 19.4. The summed E-state index contributed by atoms with van der Waals surface area (Å²) >= 11 is 0. The van der Waals surface area contributed by atoms with Gasteiger partial charge in [-0.25, -0.2) is 8.78 Å². The number of nitrogens with zero attached hydrogens (tertiary/aromatic N) is 2. The molecule has 208 valence electrons. The number of carbonyl (C=O) groups is 1. The van der Waals surface area contributed by atoms with Crippen LogP contribution in [0.5, 0.6) is 0 Å². The van der Waals surface area contributed by atoms with Crippen molar-refractivity contribution in [1.29, 1.82) is 0 Å². The molecule has 1 aliphatic heterocycles. The second-order valence-electron chi connectivity index (χ2n) is 8.59. The highest BCUT2D eigenvalue weighted by Gasteiger charge is 2.36. The van der Waals surface area contributed by atoms with E-state index in [1.165, 1.54) is 0 Å². The average Bonchev–Trinajstić information content (AvgIpc) is 2.88. The summed E-state index contributed by atoms with van der Waals surface area (Å²) in [6.07, 6.45) is -6.34. The van der Waals surface area contributed by atoms with Gasteiger partial charge in [-0.05, 0) is 81.1 Å². The zero-order valence-corrected chi connectivity index (χ0v) is 22.4. The topological polar surface area (TPSA) is 53.0 Å². The fourth-order valence-electron chi connectivity index (χ4n) is 4.06. The first-order chi connectivity index (χ1) is 17.4. The molecular formula is C27H37F5N2O3. The first-order valence-corrected chi connectivity index (χ1v) is 11.9. The Morgan fingerprint density at radius 2 is 1.54 bits per heavy atom. The van der Waals surface area contributed by atoms with E-state index >= 15 is 0 Å². The van der Waals surface area contributed by atoms with Crippen molar-refractivity contribution in [1.82, 2.24) is 0 Å². The van der Waals surface area contributed by atoms with Crippen molar-refractivity contribution in [2.45, 2.75) is 65.7 Å². The normalized spacial score (nSPS) is 15.8. The van der Waals surface area contributed by atoms with Gasteiger partial charge in [0, 0.05) is 32.9 Å². The Hall–Kier alpha value is -2.72. The maximum atomic E-state index is 13.4. The van der Waals surface area contributed by atoms with Crippen LogP contribution in [0.3, 0.4) is 0 Å². The predicted molar refractivity (Wildman–Crippen MR) is 136 cm³/mol. The van der Waals surface area contributed by atoms with E-state index in [4.69, 9.17) is 5.11 Å². The molecule has 0 saturated heterocycles. The number of aryl methyl sites for hydroxylation is 2. The van der Waals surface area contributed by atoms with E-state index in [0.717, 1.165) is 43.4 Å². The number of aliphatic hydroxyl groups is 1. The first-order valence-electron chi connectivity index (χ1n) is 11.9. The summed E-state index contributed by atoms with van der Waals surface area (Å²) in [5, 5.41) is 7.00. The number of methoxy groups -OCH3 is 1. The molecule has 0 bridgehead atoms. The zero-order valence-electron chi connectivity index (χ0n) is 22.4. The molecule has 1 N–H and O–H groups in total. The van der Waals surface area contributed by atoms with Crippen LogP contribution >= 0.6 is 0 Å². The lowest BCUT2D eigenvalue weighted by atomic mass is 9.95. The van der Waals surface area contributed by atoms with Crippen LogP contribution < -0.4 is 9.80 Å². The molecule has 0 aliphatic carbocycles. The third-order valence-electron chi connectivity index (χ3n) is 6.36. The maximum absolute atomic E-state index is 13.4.